The highest BCUT2D eigenvalue weighted by atomic mass is 16.5. The number of carboxylic acids is 1. The summed E-state index contributed by atoms with van der Waals surface area (Å²) in [6, 6.07) is 8.40. The summed E-state index contributed by atoms with van der Waals surface area (Å²) in [6.07, 6.45) is 4.84. The summed E-state index contributed by atoms with van der Waals surface area (Å²) in [6.45, 7) is 1.66. The third kappa shape index (κ3) is 3.52. The van der Waals surface area contributed by atoms with E-state index >= 15 is 0 Å². The summed E-state index contributed by atoms with van der Waals surface area (Å²) in [5, 5.41) is 9.08. The van der Waals surface area contributed by atoms with Crippen molar-refractivity contribution in [3.8, 4) is 11.5 Å². The van der Waals surface area contributed by atoms with Gasteiger partial charge in [-0.2, -0.15) is 0 Å². The normalized spacial score (nSPS) is 11.1. The third-order valence-corrected chi connectivity index (χ3v) is 4.17. The van der Waals surface area contributed by atoms with Gasteiger partial charge in [-0.1, -0.05) is 12.1 Å². The Morgan fingerprint density at radius 2 is 1.85 bits per heavy atom. The molecule has 0 atom stereocenters. The molecule has 7 heteroatoms. The second kappa shape index (κ2) is 7.33. The lowest BCUT2D eigenvalue weighted by atomic mass is 10.1. The molecular formula is C20H18N2O5. The fourth-order valence-electron chi connectivity index (χ4n) is 2.66. The topological polar surface area (TPSA) is 90.1 Å². The fraction of sp³-hybridized carbons (Fsp3) is 0.150. The molecule has 0 fully saturated rings. The van der Waals surface area contributed by atoms with Gasteiger partial charge in [0.05, 0.1) is 25.5 Å². The number of hydrogen-bond acceptors (Lipinski definition) is 5. The molecule has 0 spiro atoms. The lowest BCUT2D eigenvalue weighted by Gasteiger charge is -2.08. The number of carboxylic acid groups (broad SMARTS) is 1. The number of aromatic carboxylic acids is 1. The minimum Gasteiger partial charge on any atom is -0.493 e. The molecule has 0 radical (unpaired) electrons. The standard InChI is InChI=1S/C20H18N2O5/c1-12-15(7-4-13-5-8-16(26-2)17(10-13)27-3)21-18-9-6-14(20(24)25)11-22(18)19(12)23/h4-11H,1-3H3,(H,24,25). The average molecular weight is 366 g/mol. The molecule has 0 unspecified atom stereocenters. The van der Waals surface area contributed by atoms with Crippen molar-refractivity contribution in [1.29, 1.82) is 0 Å². The number of nitrogens with zero attached hydrogens (tertiary/aromatic N) is 2. The number of aromatic nitrogens is 2. The van der Waals surface area contributed by atoms with Crippen molar-refractivity contribution >= 4 is 23.8 Å². The van der Waals surface area contributed by atoms with Crippen LogP contribution in [0.4, 0.5) is 0 Å². The molecule has 1 aromatic carbocycles. The van der Waals surface area contributed by atoms with Crippen molar-refractivity contribution in [2.45, 2.75) is 6.92 Å². The SMILES string of the molecule is COc1ccc(C=Cc2nc3ccc(C(=O)O)cn3c(=O)c2C)cc1OC. The van der Waals surface area contributed by atoms with Gasteiger partial charge in [-0.05, 0) is 42.8 Å². The number of rotatable bonds is 5. The van der Waals surface area contributed by atoms with Crippen LogP contribution in [-0.2, 0) is 0 Å². The van der Waals surface area contributed by atoms with Gasteiger partial charge in [0, 0.05) is 11.8 Å². The average Bonchev–Trinajstić information content (AvgIpc) is 2.68. The number of hydrogen-bond donors (Lipinski definition) is 1. The van der Waals surface area contributed by atoms with E-state index in [-0.39, 0.29) is 11.1 Å². The van der Waals surface area contributed by atoms with Crippen LogP contribution in [0.1, 0.15) is 27.2 Å². The van der Waals surface area contributed by atoms with Crippen LogP contribution in [0.5, 0.6) is 11.5 Å². The highest BCUT2D eigenvalue weighted by Gasteiger charge is 2.10. The van der Waals surface area contributed by atoms with Crippen LogP contribution < -0.4 is 15.0 Å². The number of ether oxygens (including phenoxy) is 2. The molecule has 3 rings (SSSR count). The van der Waals surface area contributed by atoms with Gasteiger partial charge in [0.2, 0.25) is 0 Å². The molecule has 0 aliphatic rings. The summed E-state index contributed by atoms with van der Waals surface area (Å²) in [5.74, 6) is 0.130. The van der Waals surface area contributed by atoms with E-state index in [9.17, 15) is 9.59 Å². The van der Waals surface area contributed by atoms with Gasteiger partial charge in [-0.3, -0.25) is 9.20 Å². The Hall–Kier alpha value is -3.61. The Labute approximate surface area is 155 Å². The molecule has 27 heavy (non-hydrogen) atoms. The molecule has 2 aromatic heterocycles. The summed E-state index contributed by atoms with van der Waals surface area (Å²) in [4.78, 5) is 28.1. The minimum atomic E-state index is -1.10. The Balaban J connectivity index is 2.03. The Kier molecular flexibility index (Phi) is 4.94. The van der Waals surface area contributed by atoms with E-state index in [4.69, 9.17) is 14.6 Å². The summed E-state index contributed by atoms with van der Waals surface area (Å²) in [7, 11) is 3.13. The van der Waals surface area contributed by atoms with Crippen LogP contribution >= 0.6 is 0 Å². The van der Waals surface area contributed by atoms with Gasteiger partial charge in [0.15, 0.2) is 11.5 Å². The van der Waals surface area contributed by atoms with Crippen molar-refractivity contribution in [3.05, 3.63) is 69.3 Å². The summed E-state index contributed by atoms with van der Waals surface area (Å²) < 4.78 is 11.7. The van der Waals surface area contributed by atoms with Crippen LogP contribution in [0, 0.1) is 6.92 Å². The number of pyridine rings is 1. The molecule has 0 saturated heterocycles. The number of methoxy groups -OCH3 is 2. The molecule has 1 N–H and O–H groups in total. The van der Waals surface area contributed by atoms with Crippen molar-refractivity contribution in [2.75, 3.05) is 14.2 Å². The van der Waals surface area contributed by atoms with Gasteiger partial charge < -0.3 is 14.6 Å². The number of fused-ring (bicyclic) bond motifs is 1. The van der Waals surface area contributed by atoms with Gasteiger partial charge >= 0.3 is 5.97 Å². The fourth-order valence-corrected chi connectivity index (χ4v) is 2.66. The van der Waals surface area contributed by atoms with Crippen molar-refractivity contribution in [2.24, 2.45) is 0 Å². The smallest absolute Gasteiger partial charge is 0.337 e. The molecule has 7 nitrogen and oxygen atoms in total. The van der Waals surface area contributed by atoms with Gasteiger partial charge in [-0.25, -0.2) is 9.78 Å². The Morgan fingerprint density at radius 1 is 1.11 bits per heavy atom. The molecule has 0 aliphatic carbocycles. The highest BCUT2D eigenvalue weighted by Crippen LogP contribution is 2.28. The van der Waals surface area contributed by atoms with E-state index < -0.39 is 5.97 Å². The largest absolute Gasteiger partial charge is 0.493 e. The molecule has 2 heterocycles. The van der Waals surface area contributed by atoms with Crippen LogP contribution in [0.2, 0.25) is 0 Å². The first-order valence-electron chi connectivity index (χ1n) is 8.11. The molecular weight excluding hydrogens is 348 g/mol. The summed E-state index contributed by atoms with van der Waals surface area (Å²) >= 11 is 0. The van der Waals surface area contributed by atoms with Crippen LogP contribution in [-0.4, -0.2) is 34.7 Å². The first kappa shape index (κ1) is 18.2. The minimum absolute atomic E-state index is 0.0272. The first-order chi connectivity index (χ1) is 12.9. The van der Waals surface area contributed by atoms with Gasteiger partial charge in [-0.15, -0.1) is 0 Å². The maximum Gasteiger partial charge on any atom is 0.337 e. The zero-order chi connectivity index (χ0) is 19.6. The second-order valence-electron chi connectivity index (χ2n) is 5.83. The monoisotopic (exact) mass is 366 g/mol. The lowest BCUT2D eigenvalue weighted by Crippen LogP contribution is -2.20. The van der Waals surface area contributed by atoms with Crippen molar-refractivity contribution < 1.29 is 19.4 Å². The Bertz CT molecular complexity index is 1120. The van der Waals surface area contributed by atoms with E-state index in [0.717, 1.165) is 5.56 Å². The quantitative estimate of drug-likeness (QED) is 0.747. The molecule has 0 aliphatic heterocycles. The zero-order valence-corrected chi connectivity index (χ0v) is 15.1. The van der Waals surface area contributed by atoms with E-state index in [0.29, 0.717) is 28.4 Å². The molecule has 3 aromatic rings. The van der Waals surface area contributed by atoms with E-state index in [1.165, 1.54) is 22.7 Å². The van der Waals surface area contributed by atoms with Gasteiger partial charge in [0.25, 0.3) is 5.56 Å². The zero-order valence-electron chi connectivity index (χ0n) is 15.1. The molecule has 0 bridgehead atoms. The first-order valence-corrected chi connectivity index (χ1v) is 8.11. The van der Waals surface area contributed by atoms with Crippen LogP contribution in [0.15, 0.2) is 41.3 Å². The predicted octanol–water partition coefficient (Wildman–Crippen LogP) is 2.89. The Morgan fingerprint density at radius 3 is 2.52 bits per heavy atom. The predicted molar refractivity (Wildman–Crippen MR) is 102 cm³/mol. The molecule has 0 saturated carbocycles. The van der Waals surface area contributed by atoms with E-state index in [1.54, 1.807) is 33.3 Å². The number of carbonyl (C=O) groups is 1. The lowest BCUT2D eigenvalue weighted by molar-refractivity contribution is 0.0696. The van der Waals surface area contributed by atoms with Crippen molar-refractivity contribution in [1.82, 2.24) is 9.38 Å². The highest BCUT2D eigenvalue weighted by molar-refractivity contribution is 5.87. The summed E-state index contributed by atoms with van der Waals surface area (Å²) in [5.41, 5.74) is 1.89. The van der Waals surface area contributed by atoms with Gasteiger partial charge in [0.1, 0.15) is 5.65 Å². The maximum absolute atomic E-state index is 12.6. The van der Waals surface area contributed by atoms with E-state index in [2.05, 4.69) is 4.98 Å². The maximum atomic E-state index is 12.6. The second-order valence-corrected chi connectivity index (χ2v) is 5.83. The van der Waals surface area contributed by atoms with E-state index in [1.807, 2.05) is 18.2 Å². The van der Waals surface area contributed by atoms with Crippen LogP contribution in [0.3, 0.4) is 0 Å². The third-order valence-electron chi connectivity index (χ3n) is 4.17. The van der Waals surface area contributed by atoms with Crippen molar-refractivity contribution in [3.63, 3.8) is 0 Å². The molecule has 0 amide bonds. The van der Waals surface area contributed by atoms with Crippen LogP contribution in [0.25, 0.3) is 17.8 Å². The number of benzene rings is 1. The molecule has 138 valence electrons.